The second kappa shape index (κ2) is 8.44. The Bertz CT molecular complexity index is 777. The highest BCUT2D eigenvalue weighted by atomic mass is 16.1. The molecule has 1 N–H and O–H groups in total. The summed E-state index contributed by atoms with van der Waals surface area (Å²) < 4.78 is 0. The van der Waals surface area contributed by atoms with Gasteiger partial charge in [-0.1, -0.05) is 6.92 Å². The second-order valence-corrected chi connectivity index (χ2v) is 7.32. The maximum atomic E-state index is 12.5. The maximum Gasteiger partial charge on any atom is 0.255 e. The Morgan fingerprint density at radius 2 is 1.70 bits per heavy atom. The molecule has 1 amide bonds. The van der Waals surface area contributed by atoms with E-state index in [-0.39, 0.29) is 5.91 Å². The van der Waals surface area contributed by atoms with Crippen LogP contribution in [0.1, 0.15) is 22.8 Å². The molecule has 5 nitrogen and oxygen atoms in total. The fraction of sp³-hybridized carbons (Fsp3) is 0.409. The fourth-order valence-electron chi connectivity index (χ4n) is 3.51. The van der Waals surface area contributed by atoms with Gasteiger partial charge in [0.1, 0.15) is 0 Å². The highest BCUT2D eigenvalue weighted by molar-refractivity contribution is 6.04. The van der Waals surface area contributed by atoms with E-state index < -0.39 is 0 Å². The van der Waals surface area contributed by atoms with Crippen LogP contribution in [-0.4, -0.2) is 57.6 Å². The molecule has 0 aliphatic carbocycles. The summed E-state index contributed by atoms with van der Waals surface area (Å²) in [5, 5.41) is 3.01. The highest BCUT2D eigenvalue weighted by Gasteiger charge is 2.17. The van der Waals surface area contributed by atoms with Gasteiger partial charge in [0.05, 0.1) is 0 Å². The zero-order chi connectivity index (χ0) is 19.4. The molecule has 1 aliphatic heterocycles. The predicted molar refractivity (Wildman–Crippen MR) is 114 cm³/mol. The van der Waals surface area contributed by atoms with E-state index in [9.17, 15) is 4.79 Å². The van der Waals surface area contributed by atoms with Crippen LogP contribution in [0.25, 0.3) is 0 Å². The van der Waals surface area contributed by atoms with Crippen molar-refractivity contribution in [2.45, 2.75) is 13.8 Å². The minimum atomic E-state index is -0.0796. The van der Waals surface area contributed by atoms with Crippen molar-refractivity contribution >= 4 is 23.0 Å². The van der Waals surface area contributed by atoms with E-state index in [1.807, 2.05) is 49.3 Å². The lowest BCUT2D eigenvalue weighted by Crippen LogP contribution is -2.46. The minimum Gasteiger partial charge on any atom is -0.378 e. The van der Waals surface area contributed by atoms with Gasteiger partial charge in [0.2, 0.25) is 0 Å². The van der Waals surface area contributed by atoms with Crippen molar-refractivity contribution in [3.8, 4) is 0 Å². The number of nitrogens with one attached hydrogen (secondary N) is 1. The van der Waals surface area contributed by atoms with Gasteiger partial charge in [-0.15, -0.1) is 0 Å². The van der Waals surface area contributed by atoms with Gasteiger partial charge < -0.3 is 20.0 Å². The highest BCUT2D eigenvalue weighted by Crippen LogP contribution is 2.25. The van der Waals surface area contributed by atoms with E-state index in [1.54, 1.807) is 0 Å². The Labute approximate surface area is 162 Å². The number of carbonyl (C=O) groups excluding carboxylic acids is 1. The standard InChI is InChI=1S/C22H30N4O/c1-5-25-12-14-26(15-13-25)21-11-8-19(16-17(21)2)23-22(27)18-6-9-20(10-7-18)24(3)4/h6-11,16H,5,12-15H2,1-4H3,(H,23,27). The van der Waals surface area contributed by atoms with Crippen molar-refractivity contribution in [2.24, 2.45) is 0 Å². The van der Waals surface area contributed by atoms with Gasteiger partial charge in [-0.25, -0.2) is 0 Å². The Morgan fingerprint density at radius 3 is 2.26 bits per heavy atom. The van der Waals surface area contributed by atoms with Gasteiger partial charge in [0.15, 0.2) is 0 Å². The van der Waals surface area contributed by atoms with E-state index >= 15 is 0 Å². The van der Waals surface area contributed by atoms with Crippen LogP contribution in [0.3, 0.4) is 0 Å². The van der Waals surface area contributed by atoms with Crippen LogP contribution in [0.5, 0.6) is 0 Å². The van der Waals surface area contributed by atoms with Gasteiger partial charge in [0, 0.05) is 62.9 Å². The summed E-state index contributed by atoms with van der Waals surface area (Å²) in [5.41, 5.74) is 5.04. The SMILES string of the molecule is CCN1CCN(c2ccc(NC(=O)c3ccc(N(C)C)cc3)cc2C)CC1. The Morgan fingerprint density at radius 1 is 1.04 bits per heavy atom. The molecule has 2 aromatic carbocycles. The number of hydrogen-bond acceptors (Lipinski definition) is 4. The van der Waals surface area contributed by atoms with E-state index in [1.165, 1.54) is 11.3 Å². The van der Waals surface area contributed by atoms with Crippen molar-refractivity contribution in [3.05, 3.63) is 53.6 Å². The number of likely N-dealkylation sites (N-methyl/N-ethyl adjacent to an activating group) is 1. The molecular formula is C22H30N4O. The number of benzene rings is 2. The third-order valence-corrected chi connectivity index (χ3v) is 5.26. The minimum absolute atomic E-state index is 0.0796. The van der Waals surface area contributed by atoms with Crippen molar-refractivity contribution in [1.29, 1.82) is 0 Å². The molecule has 0 atom stereocenters. The van der Waals surface area contributed by atoms with Gasteiger partial charge in [-0.3, -0.25) is 4.79 Å². The van der Waals surface area contributed by atoms with Gasteiger partial charge >= 0.3 is 0 Å². The summed E-state index contributed by atoms with van der Waals surface area (Å²) in [7, 11) is 3.98. The molecule has 0 bridgehead atoms. The molecule has 3 rings (SSSR count). The van der Waals surface area contributed by atoms with Gasteiger partial charge in [0.25, 0.3) is 5.91 Å². The van der Waals surface area contributed by atoms with Crippen molar-refractivity contribution in [1.82, 2.24) is 4.90 Å². The normalized spacial score (nSPS) is 14.9. The molecule has 1 heterocycles. The third kappa shape index (κ3) is 4.61. The molecule has 144 valence electrons. The molecule has 0 unspecified atom stereocenters. The lowest BCUT2D eigenvalue weighted by Gasteiger charge is -2.36. The molecule has 1 saturated heterocycles. The molecule has 27 heavy (non-hydrogen) atoms. The molecule has 0 spiro atoms. The summed E-state index contributed by atoms with van der Waals surface area (Å²) in [5.74, 6) is -0.0796. The molecule has 1 aliphatic rings. The van der Waals surface area contributed by atoms with Gasteiger partial charge in [-0.2, -0.15) is 0 Å². The first-order valence-electron chi connectivity index (χ1n) is 9.64. The zero-order valence-electron chi connectivity index (χ0n) is 16.8. The first-order valence-corrected chi connectivity index (χ1v) is 9.64. The summed E-state index contributed by atoms with van der Waals surface area (Å²) in [6, 6.07) is 13.8. The van der Waals surface area contributed by atoms with Crippen molar-refractivity contribution < 1.29 is 4.79 Å². The number of piperazine rings is 1. The average molecular weight is 367 g/mol. The largest absolute Gasteiger partial charge is 0.378 e. The predicted octanol–water partition coefficient (Wildman–Crippen LogP) is 3.46. The Kier molecular flexibility index (Phi) is 6.01. The van der Waals surface area contributed by atoms with Gasteiger partial charge in [-0.05, 0) is 61.5 Å². The lowest BCUT2D eigenvalue weighted by atomic mass is 10.1. The van der Waals surface area contributed by atoms with Crippen LogP contribution in [0, 0.1) is 6.92 Å². The lowest BCUT2D eigenvalue weighted by molar-refractivity contribution is 0.102. The van der Waals surface area contributed by atoms with Crippen LogP contribution < -0.4 is 15.1 Å². The molecule has 0 aromatic heterocycles. The molecule has 5 heteroatoms. The van der Waals surface area contributed by atoms with Crippen LogP contribution in [0.15, 0.2) is 42.5 Å². The van der Waals surface area contributed by atoms with Crippen molar-refractivity contribution in [3.63, 3.8) is 0 Å². The van der Waals surface area contributed by atoms with E-state index in [4.69, 9.17) is 0 Å². The summed E-state index contributed by atoms with van der Waals surface area (Å²) in [4.78, 5) is 19.5. The molecule has 1 fully saturated rings. The van der Waals surface area contributed by atoms with E-state index in [2.05, 4.69) is 41.1 Å². The van der Waals surface area contributed by atoms with E-state index in [0.717, 1.165) is 44.1 Å². The molecule has 0 saturated carbocycles. The van der Waals surface area contributed by atoms with Crippen LogP contribution >= 0.6 is 0 Å². The summed E-state index contributed by atoms with van der Waals surface area (Å²) in [6.45, 7) is 9.77. The maximum absolute atomic E-state index is 12.5. The number of aryl methyl sites for hydroxylation is 1. The van der Waals surface area contributed by atoms with Crippen LogP contribution in [0.4, 0.5) is 17.1 Å². The second-order valence-electron chi connectivity index (χ2n) is 7.32. The molecular weight excluding hydrogens is 336 g/mol. The summed E-state index contributed by atoms with van der Waals surface area (Å²) >= 11 is 0. The Hall–Kier alpha value is -2.53. The molecule has 2 aromatic rings. The van der Waals surface area contributed by atoms with E-state index in [0.29, 0.717) is 5.56 Å². The number of anilines is 3. The zero-order valence-corrected chi connectivity index (χ0v) is 16.8. The number of nitrogens with zero attached hydrogens (tertiary/aromatic N) is 3. The smallest absolute Gasteiger partial charge is 0.255 e. The Balaban J connectivity index is 1.66. The monoisotopic (exact) mass is 366 g/mol. The third-order valence-electron chi connectivity index (χ3n) is 5.26. The number of hydrogen-bond donors (Lipinski definition) is 1. The number of amides is 1. The average Bonchev–Trinajstić information content (AvgIpc) is 2.68. The van der Waals surface area contributed by atoms with Crippen molar-refractivity contribution in [2.75, 3.05) is 61.9 Å². The first-order chi connectivity index (χ1) is 13.0. The quantitative estimate of drug-likeness (QED) is 0.880. The summed E-state index contributed by atoms with van der Waals surface area (Å²) in [6.07, 6.45) is 0. The first kappa shape index (κ1) is 19.2. The van der Waals surface area contributed by atoms with Crippen LogP contribution in [0.2, 0.25) is 0 Å². The fourth-order valence-corrected chi connectivity index (χ4v) is 3.51. The number of carbonyl (C=O) groups is 1. The topological polar surface area (TPSA) is 38.8 Å². The molecule has 0 radical (unpaired) electrons. The van der Waals surface area contributed by atoms with Crippen LogP contribution in [-0.2, 0) is 0 Å². The number of rotatable bonds is 5.